The summed E-state index contributed by atoms with van der Waals surface area (Å²) in [4.78, 5) is 8.80. The van der Waals surface area contributed by atoms with Gasteiger partial charge < -0.3 is 15.4 Å². The molecule has 0 bridgehead atoms. The number of pyridine rings is 1. The van der Waals surface area contributed by atoms with Crippen molar-refractivity contribution in [2.75, 3.05) is 18.5 Å². The van der Waals surface area contributed by atoms with Gasteiger partial charge in [-0.1, -0.05) is 0 Å². The topological polar surface area (TPSA) is 112 Å². The number of aromatic nitrogens is 8. The van der Waals surface area contributed by atoms with Gasteiger partial charge in [0.2, 0.25) is 0 Å². The second-order valence-electron chi connectivity index (χ2n) is 7.88. The maximum atomic E-state index is 6.05. The second-order valence-corrected chi connectivity index (χ2v) is 7.88. The molecule has 0 amide bonds. The summed E-state index contributed by atoms with van der Waals surface area (Å²) in [7, 11) is 1.92. The van der Waals surface area contributed by atoms with Gasteiger partial charge in [0.25, 0.3) is 0 Å². The number of anilines is 2. The van der Waals surface area contributed by atoms with Gasteiger partial charge >= 0.3 is 0 Å². The first kappa shape index (κ1) is 19.4. The SMILES string of the molecule is Cn1ncc(OC[C@H]2CCN2)c1-c1ccn2nc(Nc3cncc(-n4cccn4)n3)cc2c1. The van der Waals surface area contributed by atoms with Crippen molar-refractivity contribution in [3.63, 3.8) is 0 Å². The molecule has 11 nitrogen and oxygen atoms in total. The van der Waals surface area contributed by atoms with E-state index < -0.39 is 0 Å². The van der Waals surface area contributed by atoms with Gasteiger partial charge in [0.15, 0.2) is 23.2 Å². The lowest BCUT2D eigenvalue weighted by Crippen LogP contribution is -2.46. The molecule has 0 radical (unpaired) electrons. The Morgan fingerprint density at radius 1 is 1.15 bits per heavy atom. The molecule has 1 atom stereocenters. The number of rotatable bonds is 7. The Balaban J connectivity index is 1.26. The molecule has 1 saturated heterocycles. The molecule has 0 saturated carbocycles. The van der Waals surface area contributed by atoms with Crippen molar-refractivity contribution in [1.29, 1.82) is 0 Å². The monoisotopic (exact) mass is 442 g/mol. The van der Waals surface area contributed by atoms with Crippen LogP contribution in [0.1, 0.15) is 6.42 Å². The van der Waals surface area contributed by atoms with E-state index in [1.165, 1.54) is 0 Å². The molecule has 5 aromatic rings. The molecule has 0 aliphatic carbocycles. The van der Waals surface area contributed by atoms with E-state index in [-0.39, 0.29) is 0 Å². The van der Waals surface area contributed by atoms with Crippen LogP contribution in [0, 0.1) is 0 Å². The smallest absolute Gasteiger partial charge is 0.173 e. The highest BCUT2D eigenvalue weighted by atomic mass is 16.5. The van der Waals surface area contributed by atoms with Gasteiger partial charge in [-0.15, -0.1) is 0 Å². The molecular weight excluding hydrogens is 420 g/mol. The van der Waals surface area contributed by atoms with Gasteiger partial charge in [0, 0.05) is 43.3 Å². The first-order chi connectivity index (χ1) is 16.2. The molecule has 0 unspecified atom stereocenters. The summed E-state index contributed by atoms with van der Waals surface area (Å²) < 4.78 is 11.4. The van der Waals surface area contributed by atoms with Gasteiger partial charge in [0.1, 0.15) is 12.3 Å². The third kappa shape index (κ3) is 3.78. The van der Waals surface area contributed by atoms with E-state index in [9.17, 15) is 0 Å². The quantitative estimate of drug-likeness (QED) is 0.395. The van der Waals surface area contributed by atoms with Crippen molar-refractivity contribution in [2.24, 2.45) is 7.05 Å². The van der Waals surface area contributed by atoms with E-state index in [0.29, 0.717) is 30.1 Å². The largest absolute Gasteiger partial charge is 0.488 e. The molecule has 166 valence electrons. The molecule has 6 rings (SSSR count). The summed E-state index contributed by atoms with van der Waals surface area (Å²) in [5.41, 5.74) is 2.87. The van der Waals surface area contributed by atoms with Crippen LogP contribution in [-0.4, -0.2) is 58.3 Å². The molecule has 1 fully saturated rings. The molecule has 33 heavy (non-hydrogen) atoms. The second kappa shape index (κ2) is 8.02. The van der Waals surface area contributed by atoms with Gasteiger partial charge in [-0.3, -0.25) is 9.67 Å². The number of fused-ring (bicyclic) bond motifs is 1. The van der Waals surface area contributed by atoms with E-state index in [4.69, 9.17) is 4.74 Å². The summed E-state index contributed by atoms with van der Waals surface area (Å²) in [6.45, 7) is 1.70. The summed E-state index contributed by atoms with van der Waals surface area (Å²) in [5.74, 6) is 2.64. The number of hydrogen-bond acceptors (Lipinski definition) is 8. The first-order valence-corrected chi connectivity index (χ1v) is 10.7. The fraction of sp³-hybridized carbons (Fsp3) is 0.227. The van der Waals surface area contributed by atoms with Gasteiger partial charge in [-0.2, -0.15) is 15.3 Å². The third-order valence-corrected chi connectivity index (χ3v) is 5.62. The Labute approximate surface area is 189 Å². The lowest BCUT2D eigenvalue weighted by Gasteiger charge is -2.27. The fourth-order valence-corrected chi connectivity index (χ4v) is 3.80. The highest BCUT2D eigenvalue weighted by Gasteiger charge is 2.19. The number of nitrogens with one attached hydrogen (secondary N) is 2. The molecule has 0 aromatic carbocycles. The van der Waals surface area contributed by atoms with Crippen LogP contribution in [0.3, 0.4) is 0 Å². The fourth-order valence-electron chi connectivity index (χ4n) is 3.80. The van der Waals surface area contributed by atoms with E-state index in [1.54, 1.807) is 29.5 Å². The third-order valence-electron chi connectivity index (χ3n) is 5.62. The number of hydrogen-bond donors (Lipinski definition) is 2. The lowest BCUT2D eigenvalue weighted by atomic mass is 10.1. The summed E-state index contributed by atoms with van der Waals surface area (Å²) in [5, 5.41) is 19.8. The van der Waals surface area contributed by atoms with Crippen LogP contribution in [0.25, 0.3) is 22.6 Å². The van der Waals surface area contributed by atoms with Crippen LogP contribution in [0.15, 0.2) is 61.4 Å². The molecule has 1 aliphatic rings. The standard InChI is InChI=1S/C22H22N10O/c1-30-22(18(11-26-30)33-14-16-3-6-24-16)15-4-8-31-17(9-15)10-19(29-31)27-20-12-23-13-21(28-20)32-7-2-5-25-32/h2,4-5,7-13,16,24H,3,6,14H2,1H3,(H,27,28,29)/t16-/m1/s1. The zero-order valence-corrected chi connectivity index (χ0v) is 18.0. The van der Waals surface area contributed by atoms with Crippen molar-refractivity contribution in [2.45, 2.75) is 12.5 Å². The molecule has 0 spiro atoms. The minimum Gasteiger partial charge on any atom is -0.488 e. The van der Waals surface area contributed by atoms with Crippen molar-refractivity contribution < 1.29 is 4.74 Å². The first-order valence-electron chi connectivity index (χ1n) is 10.7. The number of nitrogens with zero attached hydrogens (tertiary/aromatic N) is 8. The lowest BCUT2D eigenvalue weighted by molar-refractivity contribution is 0.218. The van der Waals surface area contributed by atoms with E-state index in [1.807, 2.05) is 46.8 Å². The Bertz CT molecular complexity index is 1400. The Morgan fingerprint density at radius 3 is 2.91 bits per heavy atom. The average molecular weight is 442 g/mol. The highest BCUT2D eigenvalue weighted by Crippen LogP contribution is 2.31. The molecular formula is C22H22N10O. The number of ether oxygens (including phenoxy) is 1. The minimum absolute atomic E-state index is 0.416. The molecule has 11 heteroatoms. The van der Waals surface area contributed by atoms with E-state index in [2.05, 4.69) is 42.0 Å². The van der Waals surface area contributed by atoms with Crippen LogP contribution in [0.5, 0.6) is 5.75 Å². The van der Waals surface area contributed by atoms with Crippen LogP contribution in [-0.2, 0) is 7.05 Å². The van der Waals surface area contributed by atoms with Crippen molar-refractivity contribution in [3.05, 3.63) is 61.4 Å². The Kier molecular flexibility index (Phi) is 4.73. The Hall–Kier alpha value is -4.25. The Morgan fingerprint density at radius 2 is 2.09 bits per heavy atom. The zero-order valence-electron chi connectivity index (χ0n) is 18.0. The van der Waals surface area contributed by atoms with Crippen LogP contribution < -0.4 is 15.4 Å². The minimum atomic E-state index is 0.416. The highest BCUT2D eigenvalue weighted by molar-refractivity contribution is 5.72. The summed E-state index contributed by atoms with van der Waals surface area (Å²) >= 11 is 0. The van der Waals surface area contributed by atoms with Crippen molar-refractivity contribution in [3.8, 4) is 22.8 Å². The maximum Gasteiger partial charge on any atom is 0.173 e. The molecule has 2 N–H and O–H groups in total. The van der Waals surface area contributed by atoms with Gasteiger partial charge in [-0.05, 0) is 31.2 Å². The number of aryl methyl sites for hydroxylation is 1. The normalized spacial score (nSPS) is 15.5. The predicted molar refractivity (Wildman–Crippen MR) is 122 cm³/mol. The molecule has 1 aliphatic heterocycles. The van der Waals surface area contributed by atoms with Crippen molar-refractivity contribution in [1.82, 2.24) is 44.5 Å². The van der Waals surface area contributed by atoms with Crippen LogP contribution in [0.2, 0.25) is 0 Å². The van der Waals surface area contributed by atoms with E-state index in [0.717, 1.165) is 35.5 Å². The zero-order chi connectivity index (χ0) is 22.2. The maximum absolute atomic E-state index is 6.05. The van der Waals surface area contributed by atoms with Gasteiger partial charge in [-0.25, -0.2) is 14.2 Å². The summed E-state index contributed by atoms with van der Waals surface area (Å²) in [6, 6.07) is 8.28. The van der Waals surface area contributed by atoms with Gasteiger partial charge in [0.05, 0.1) is 24.1 Å². The average Bonchev–Trinajstić information content (AvgIpc) is 3.52. The van der Waals surface area contributed by atoms with E-state index >= 15 is 0 Å². The van der Waals surface area contributed by atoms with Crippen LogP contribution in [0.4, 0.5) is 11.6 Å². The van der Waals surface area contributed by atoms with Crippen molar-refractivity contribution >= 4 is 17.2 Å². The molecule has 5 aromatic heterocycles. The predicted octanol–water partition coefficient (Wildman–Crippen LogP) is 2.19. The molecule has 6 heterocycles. The summed E-state index contributed by atoms with van der Waals surface area (Å²) in [6.07, 6.45) is 11.7. The van der Waals surface area contributed by atoms with Crippen LogP contribution >= 0.6 is 0 Å².